The van der Waals surface area contributed by atoms with Gasteiger partial charge in [-0.3, -0.25) is 0 Å². The van der Waals surface area contributed by atoms with Crippen LogP contribution in [-0.4, -0.2) is 40.5 Å². The Labute approximate surface area is 122 Å². The molecule has 7 heteroatoms. The van der Waals surface area contributed by atoms with E-state index in [9.17, 15) is 4.79 Å². The number of hydrogen-bond acceptors (Lipinski definition) is 4. The molecule has 2 aliphatic heterocycles. The summed E-state index contributed by atoms with van der Waals surface area (Å²) in [5.74, 6) is 0. The predicted molar refractivity (Wildman–Crippen MR) is 75.5 cm³/mol. The molecule has 0 fully saturated rings. The Morgan fingerprint density at radius 2 is 2.21 bits per heavy atom. The number of halogens is 2. The summed E-state index contributed by atoms with van der Waals surface area (Å²) in [7, 11) is 0. The van der Waals surface area contributed by atoms with Crippen molar-refractivity contribution in [1.29, 1.82) is 0 Å². The molecule has 1 N–H and O–H groups in total. The molecule has 1 amide bonds. The van der Waals surface area contributed by atoms with Crippen LogP contribution < -0.4 is 5.32 Å². The van der Waals surface area contributed by atoms with Gasteiger partial charge in [0.05, 0.1) is 0 Å². The number of aliphatic imine (C=N–C) groups is 1. The molecule has 1 unspecified atom stereocenters. The number of rotatable bonds is 0. The maximum atomic E-state index is 12.2. The Hall–Kier alpha value is -0.780. The monoisotopic (exact) mass is 305 g/mol. The smallest absolute Gasteiger partial charge is 0.417 e. The van der Waals surface area contributed by atoms with Crippen LogP contribution in [0, 0.1) is 0 Å². The van der Waals surface area contributed by atoms with Gasteiger partial charge < -0.3 is 10.1 Å². The normalized spacial score (nSPS) is 23.9. The molecule has 0 spiro atoms. The van der Waals surface area contributed by atoms with Gasteiger partial charge in [-0.25, -0.2) is 14.7 Å². The van der Waals surface area contributed by atoms with E-state index < -0.39 is 17.3 Å². The first-order valence-electron chi connectivity index (χ1n) is 6.12. The predicted octanol–water partition coefficient (Wildman–Crippen LogP) is 2.64. The lowest BCUT2D eigenvalue weighted by Gasteiger charge is -2.36. The van der Waals surface area contributed by atoms with Gasteiger partial charge in [0.2, 0.25) is 5.62 Å². The van der Waals surface area contributed by atoms with Crippen LogP contribution in [0.15, 0.2) is 16.3 Å². The molecule has 0 aliphatic carbocycles. The van der Waals surface area contributed by atoms with E-state index in [2.05, 4.69) is 10.3 Å². The van der Waals surface area contributed by atoms with Crippen molar-refractivity contribution in [2.24, 2.45) is 4.99 Å². The fraction of sp³-hybridized carbons (Fsp3) is 0.667. The largest absolute Gasteiger partial charge is 0.443 e. The Balaban J connectivity index is 2.29. The second-order valence-electron chi connectivity index (χ2n) is 5.43. The fourth-order valence-corrected chi connectivity index (χ4v) is 2.61. The molecule has 2 heterocycles. The number of ether oxygens (including phenoxy) is 1. The van der Waals surface area contributed by atoms with Crippen LogP contribution in [0.25, 0.3) is 0 Å². The number of nitrogens with one attached hydrogen (secondary N) is 1. The van der Waals surface area contributed by atoms with Gasteiger partial charge in [-0.15, -0.1) is 0 Å². The van der Waals surface area contributed by atoms with E-state index in [1.807, 2.05) is 20.8 Å². The first-order chi connectivity index (χ1) is 8.79. The molecule has 0 radical (unpaired) electrons. The summed E-state index contributed by atoms with van der Waals surface area (Å²) < 4.78 is 5.37. The number of alkyl halides is 1. The third-order valence-corrected chi connectivity index (χ3v) is 3.37. The maximum Gasteiger partial charge on any atom is 0.417 e. The van der Waals surface area contributed by atoms with Gasteiger partial charge in [0, 0.05) is 30.8 Å². The lowest BCUT2D eigenvalue weighted by atomic mass is 10.1. The molecule has 0 aromatic rings. The second kappa shape index (κ2) is 5.31. The highest BCUT2D eigenvalue weighted by Crippen LogP contribution is 2.30. The number of nitrogens with zero attached hydrogens (tertiary/aromatic N) is 2. The van der Waals surface area contributed by atoms with Crippen molar-refractivity contribution < 1.29 is 9.53 Å². The van der Waals surface area contributed by atoms with Crippen molar-refractivity contribution in [3.8, 4) is 0 Å². The van der Waals surface area contributed by atoms with Crippen LogP contribution in [0.2, 0.25) is 0 Å². The minimum Gasteiger partial charge on any atom is -0.443 e. The summed E-state index contributed by atoms with van der Waals surface area (Å²) in [6.07, 6.45) is 0.179. The van der Waals surface area contributed by atoms with E-state index in [4.69, 9.17) is 27.9 Å². The average molecular weight is 306 g/mol. The first kappa shape index (κ1) is 14.6. The minimum atomic E-state index is -0.848. The lowest BCUT2D eigenvalue weighted by Crippen LogP contribution is -2.46. The Morgan fingerprint density at radius 1 is 1.53 bits per heavy atom. The molecule has 0 aromatic carbocycles. The van der Waals surface area contributed by atoms with Gasteiger partial charge in [0.15, 0.2) is 0 Å². The highest BCUT2D eigenvalue weighted by molar-refractivity contribution is 6.70. The highest BCUT2D eigenvalue weighted by atomic mass is 35.5. The molecule has 0 bridgehead atoms. The lowest BCUT2D eigenvalue weighted by molar-refractivity contribution is 0.0283. The summed E-state index contributed by atoms with van der Waals surface area (Å²) in [6.45, 7) is 6.79. The number of carbonyl (C=O) groups is 1. The molecule has 5 nitrogen and oxygen atoms in total. The number of amides is 1. The molecule has 19 heavy (non-hydrogen) atoms. The molecule has 2 rings (SSSR count). The fourth-order valence-electron chi connectivity index (χ4n) is 2.00. The zero-order valence-corrected chi connectivity index (χ0v) is 12.7. The van der Waals surface area contributed by atoms with Gasteiger partial charge in [0.1, 0.15) is 10.8 Å². The van der Waals surface area contributed by atoms with Crippen molar-refractivity contribution in [3.63, 3.8) is 0 Å². The first-order valence-corrected chi connectivity index (χ1v) is 6.94. The molecule has 106 valence electrons. The van der Waals surface area contributed by atoms with E-state index in [-0.39, 0.29) is 0 Å². The van der Waals surface area contributed by atoms with E-state index in [1.165, 1.54) is 4.90 Å². The van der Waals surface area contributed by atoms with Gasteiger partial charge >= 0.3 is 6.09 Å². The number of carbonyl (C=O) groups excluding carboxylic acids is 1. The SMILES string of the molecule is CC(C)(C)OC(=O)N1C2=C(CNCC2)C(Cl)=NC1Cl. The van der Waals surface area contributed by atoms with Crippen molar-refractivity contribution >= 4 is 34.5 Å². The molecule has 1 atom stereocenters. The summed E-state index contributed by atoms with van der Waals surface area (Å²) >= 11 is 12.2. The van der Waals surface area contributed by atoms with Crippen LogP contribution in [0.4, 0.5) is 4.79 Å². The summed E-state index contributed by atoms with van der Waals surface area (Å²) in [4.78, 5) is 17.7. The maximum absolute atomic E-state index is 12.2. The Bertz CT molecular complexity index is 454. The van der Waals surface area contributed by atoms with Crippen LogP contribution in [0.3, 0.4) is 0 Å². The molecular formula is C12H17Cl2N3O2. The van der Waals surface area contributed by atoms with Crippen LogP contribution in [-0.2, 0) is 4.74 Å². The van der Waals surface area contributed by atoms with Gasteiger partial charge in [-0.1, -0.05) is 23.2 Å². The molecule has 0 saturated heterocycles. The zero-order chi connectivity index (χ0) is 14.2. The third-order valence-electron chi connectivity index (χ3n) is 2.75. The topological polar surface area (TPSA) is 53.9 Å². The quantitative estimate of drug-likeness (QED) is 0.553. The summed E-state index contributed by atoms with van der Waals surface area (Å²) in [5, 5.41) is 3.55. The van der Waals surface area contributed by atoms with E-state index in [0.717, 1.165) is 17.8 Å². The Kier molecular flexibility index (Phi) is 4.08. The second-order valence-corrected chi connectivity index (χ2v) is 6.18. The third kappa shape index (κ3) is 3.22. The van der Waals surface area contributed by atoms with Crippen molar-refractivity contribution in [2.75, 3.05) is 13.1 Å². The Morgan fingerprint density at radius 3 is 2.84 bits per heavy atom. The molecule has 0 aromatic heterocycles. The standard InChI is InChI=1S/C12H17Cl2N3O2/c1-12(2,3)19-11(18)17-8-4-5-15-6-7(8)9(13)16-10(17)14/h10,15H,4-6H2,1-3H3. The molecule has 0 saturated carbocycles. The highest BCUT2D eigenvalue weighted by Gasteiger charge is 2.36. The average Bonchev–Trinajstić information content (AvgIpc) is 2.26. The minimum absolute atomic E-state index is 0.363. The van der Waals surface area contributed by atoms with E-state index in [0.29, 0.717) is 18.1 Å². The summed E-state index contributed by atoms with van der Waals surface area (Å²) in [6, 6.07) is 0. The molecular weight excluding hydrogens is 289 g/mol. The van der Waals surface area contributed by atoms with Crippen LogP contribution >= 0.6 is 23.2 Å². The van der Waals surface area contributed by atoms with Crippen molar-refractivity contribution in [1.82, 2.24) is 10.2 Å². The number of hydrogen-bond donors (Lipinski definition) is 1. The summed E-state index contributed by atoms with van der Waals surface area (Å²) in [5.41, 5.74) is 0.189. The van der Waals surface area contributed by atoms with Crippen molar-refractivity contribution in [2.45, 2.75) is 38.4 Å². The van der Waals surface area contributed by atoms with E-state index >= 15 is 0 Å². The van der Waals surface area contributed by atoms with E-state index in [1.54, 1.807) is 0 Å². The zero-order valence-electron chi connectivity index (χ0n) is 11.2. The van der Waals surface area contributed by atoms with Gasteiger partial charge in [-0.05, 0) is 20.8 Å². The van der Waals surface area contributed by atoms with Crippen molar-refractivity contribution in [3.05, 3.63) is 11.3 Å². The van der Waals surface area contributed by atoms with Gasteiger partial charge in [0.25, 0.3) is 0 Å². The van der Waals surface area contributed by atoms with Crippen LogP contribution in [0.1, 0.15) is 27.2 Å². The molecule has 2 aliphatic rings. The van der Waals surface area contributed by atoms with Crippen LogP contribution in [0.5, 0.6) is 0 Å². The van der Waals surface area contributed by atoms with Gasteiger partial charge in [-0.2, -0.15) is 0 Å².